The van der Waals surface area contributed by atoms with E-state index < -0.39 is 10.0 Å². The first-order chi connectivity index (χ1) is 14.3. The summed E-state index contributed by atoms with van der Waals surface area (Å²) >= 11 is 0. The van der Waals surface area contributed by atoms with Gasteiger partial charge in [-0.15, -0.1) is 0 Å². The molecule has 0 radical (unpaired) electrons. The molecule has 160 valence electrons. The average Bonchev–Trinajstić information content (AvgIpc) is 3.06. The number of benzene rings is 1. The Hall–Kier alpha value is -2.45. The molecule has 30 heavy (non-hydrogen) atoms. The summed E-state index contributed by atoms with van der Waals surface area (Å²) in [6.45, 7) is 5.21. The molecule has 0 atom stereocenters. The first kappa shape index (κ1) is 20.8. The zero-order valence-corrected chi connectivity index (χ0v) is 18.9. The predicted molar refractivity (Wildman–Crippen MR) is 121 cm³/mol. The van der Waals surface area contributed by atoms with Crippen molar-refractivity contribution < 1.29 is 8.42 Å². The van der Waals surface area contributed by atoms with Crippen molar-refractivity contribution in [3.05, 3.63) is 47.9 Å². The Kier molecular flexibility index (Phi) is 5.55. The molecule has 0 amide bonds. The van der Waals surface area contributed by atoms with E-state index in [4.69, 9.17) is 0 Å². The highest BCUT2D eigenvalue weighted by atomic mass is 32.2. The van der Waals surface area contributed by atoms with Gasteiger partial charge >= 0.3 is 0 Å². The van der Waals surface area contributed by atoms with E-state index in [1.165, 1.54) is 11.1 Å². The molecule has 4 rings (SSSR count). The van der Waals surface area contributed by atoms with Crippen molar-refractivity contribution >= 4 is 32.6 Å². The molecule has 0 spiro atoms. The third-order valence-electron chi connectivity index (χ3n) is 5.96. The molecule has 1 fully saturated rings. The fourth-order valence-corrected chi connectivity index (χ4v) is 5.65. The lowest BCUT2D eigenvalue weighted by atomic mass is 9.91. The Morgan fingerprint density at radius 2 is 1.93 bits per heavy atom. The highest BCUT2D eigenvalue weighted by Gasteiger charge is 2.36. The van der Waals surface area contributed by atoms with Crippen LogP contribution in [0.3, 0.4) is 0 Å². The second-order valence-electron chi connectivity index (χ2n) is 8.02. The number of imidazole rings is 1. The number of hydrogen-bond donors (Lipinski definition) is 0. The van der Waals surface area contributed by atoms with Crippen molar-refractivity contribution in [2.24, 2.45) is 7.05 Å². The maximum atomic E-state index is 12.2. The molecule has 1 aromatic carbocycles. The first-order valence-electron chi connectivity index (χ1n) is 10.5. The normalized spacial score (nSPS) is 15.5. The molecule has 0 aliphatic carbocycles. The maximum Gasteiger partial charge on any atom is 0.214 e. The molecule has 0 N–H and O–H groups in total. The number of pyridine rings is 1. The molecule has 3 aromatic rings. The van der Waals surface area contributed by atoms with Gasteiger partial charge in [0, 0.05) is 44.9 Å². The van der Waals surface area contributed by atoms with Gasteiger partial charge < -0.3 is 9.47 Å². The maximum absolute atomic E-state index is 12.2. The van der Waals surface area contributed by atoms with Crippen LogP contribution in [-0.2, 0) is 23.5 Å². The summed E-state index contributed by atoms with van der Waals surface area (Å²) in [5.41, 5.74) is 5.49. The predicted octanol–water partition coefficient (Wildman–Crippen LogP) is 3.44. The van der Waals surface area contributed by atoms with Crippen LogP contribution in [0.2, 0.25) is 0 Å². The summed E-state index contributed by atoms with van der Waals surface area (Å²) in [4.78, 5) is 11.0. The number of aryl methyl sites for hydroxylation is 2. The van der Waals surface area contributed by atoms with Crippen molar-refractivity contribution in [1.29, 1.82) is 0 Å². The lowest BCUT2D eigenvalue weighted by molar-refractivity contribution is 0.264. The minimum atomic E-state index is -3.09. The highest BCUT2D eigenvalue weighted by Crippen LogP contribution is 2.34. The van der Waals surface area contributed by atoms with Crippen LogP contribution in [0.15, 0.2) is 36.8 Å². The van der Waals surface area contributed by atoms with Crippen LogP contribution in [0.5, 0.6) is 0 Å². The lowest BCUT2D eigenvalue weighted by Gasteiger charge is -2.38. The molecular formula is C22H29N5O2S. The molecule has 3 heterocycles. The molecule has 1 aliphatic rings. The number of nitrogens with zero attached hydrogens (tertiary/aromatic N) is 5. The Bertz CT molecular complexity index is 1170. The molecule has 1 aliphatic heterocycles. The second-order valence-corrected chi connectivity index (χ2v) is 10.1. The minimum Gasteiger partial charge on any atom is -0.334 e. The highest BCUT2D eigenvalue weighted by molar-refractivity contribution is 7.89. The molecule has 7 nitrogen and oxygen atoms in total. The molecule has 0 unspecified atom stereocenters. The van der Waals surface area contributed by atoms with Gasteiger partial charge in [-0.3, -0.25) is 0 Å². The largest absolute Gasteiger partial charge is 0.334 e. The van der Waals surface area contributed by atoms with E-state index in [1.54, 1.807) is 16.8 Å². The van der Waals surface area contributed by atoms with Crippen molar-refractivity contribution in [1.82, 2.24) is 18.8 Å². The zero-order chi connectivity index (χ0) is 21.5. The van der Waals surface area contributed by atoms with Crippen molar-refractivity contribution in [2.75, 3.05) is 30.8 Å². The lowest BCUT2D eigenvalue weighted by Crippen LogP contribution is -2.49. The Labute approximate surface area is 178 Å². The smallest absolute Gasteiger partial charge is 0.214 e. The molecule has 2 aromatic heterocycles. The van der Waals surface area contributed by atoms with Gasteiger partial charge in [-0.2, -0.15) is 0 Å². The number of anilines is 2. The number of rotatable bonds is 7. The Morgan fingerprint density at radius 1 is 1.17 bits per heavy atom. The fraction of sp³-hybridized carbons (Fsp3) is 0.455. The van der Waals surface area contributed by atoms with Gasteiger partial charge in [0.15, 0.2) is 0 Å². The van der Waals surface area contributed by atoms with Crippen LogP contribution >= 0.6 is 0 Å². The summed E-state index contributed by atoms with van der Waals surface area (Å²) < 4.78 is 28.0. The van der Waals surface area contributed by atoms with E-state index in [-0.39, 0.29) is 11.7 Å². The van der Waals surface area contributed by atoms with Crippen molar-refractivity contribution in [2.45, 2.75) is 32.6 Å². The van der Waals surface area contributed by atoms with E-state index in [0.29, 0.717) is 19.5 Å². The Balaban J connectivity index is 1.56. The van der Waals surface area contributed by atoms with Gasteiger partial charge in [-0.25, -0.2) is 22.7 Å². The molecule has 1 saturated heterocycles. The molecule has 0 bridgehead atoms. The first-order valence-corrected chi connectivity index (χ1v) is 12.1. The average molecular weight is 428 g/mol. The number of fused-ring (bicyclic) bond motifs is 1. The quantitative estimate of drug-likeness (QED) is 0.578. The van der Waals surface area contributed by atoms with Gasteiger partial charge in [0.25, 0.3) is 0 Å². The monoisotopic (exact) mass is 427 g/mol. The topological polar surface area (TPSA) is 71.3 Å². The van der Waals surface area contributed by atoms with E-state index in [1.807, 2.05) is 25.6 Å². The summed E-state index contributed by atoms with van der Waals surface area (Å²) in [5, 5.41) is 0. The summed E-state index contributed by atoms with van der Waals surface area (Å²) in [7, 11) is 0.914. The van der Waals surface area contributed by atoms with Crippen molar-refractivity contribution in [3.63, 3.8) is 0 Å². The molecule has 8 heteroatoms. The van der Waals surface area contributed by atoms with E-state index in [9.17, 15) is 8.42 Å². The van der Waals surface area contributed by atoms with Gasteiger partial charge in [0.05, 0.1) is 23.8 Å². The van der Waals surface area contributed by atoms with E-state index in [2.05, 4.69) is 46.1 Å². The van der Waals surface area contributed by atoms with Crippen LogP contribution in [0.25, 0.3) is 11.0 Å². The summed E-state index contributed by atoms with van der Waals surface area (Å²) in [6.07, 6.45) is 5.15. The SMILES string of the molecule is CCCS(=O)(=O)N1CC(c2ccc(N(C)c3cc4c(cn3)ncn4C)c(CC)c2)C1. The van der Waals surface area contributed by atoms with E-state index >= 15 is 0 Å². The molecule has 0 saturated carbocycles. The van der Waals surface area contributed by atoms with E-state index in [0.717, 1.165) is 29.0 Å². The third kappa shape index (κ3) is 3.70. The third-order valence-corrected chi connectivity index (χ3v) is 7.97. The van der Waals surface area contributed by atoms with Crippen LogP contribution < -0.4 is 4.90 Å². The zero-order valence-electron chi connectivity index (χ0n) is 18.0. The minimum absolute atomic E-state index is 0.234. The van der Waals surface area contributed by atoms with Gasteiger partial charge in [-0.05, 0) is 30.0 Å². The fourth-order valence-electron chi connectivity index (χ4n) is 4.06. The van der Waals surface area contributed by atoms with Crippen LogP contribution in [0.1, 0.15) is 37.3 Å². The number of hydrogen-bond acceptors (Lipinski definition) is 5. The van der Waals surface area contributed by atoms with Gasteiger partial charge in [0.1, 0.15) is 11.3 Å². The number of sulfonamides is 1. The molecular weight excluding hydrogens is 398 g/mol. The summed E-state index contributed by atoms with van der Waals surface area (Å²) in [6, 6.07) is 8.54. The van der Waals surface area contributed by atoms with Crippen LogP contribution in [0.4, 0.5) is 11.5 Å². The standard InChI is InChI=1S/C22H29N5O2S/c1-5-9-30(28,29)27-13-18(14-27)17-7-8-20(16(6-2)10-17)26(4)22-11-21-19(12-23-22)24-15-25(21)3/h7-8,10-12,15,18H,5-6,9,13-14H2,1-4H3. The summed E-state index contributed by atoms with van der Waals surface area (Å²) in [5.74, 6) is 1.37. The second kappa shape index (κ2) is 8.00. The Morgan fingerprint density at radius 3 is 2.63 bits per heavy atom. The van der Waals surface area contributed by atoms with Gasteiger partial charge in [0.2, 0.25) is 10.0 Å². The van der Waals surface area contributed by atoms with Crippen LogP contribution in [-0.4, -0.2) is 53.1 Å². The van der Waals surface area contributed by atoms with Crippen molar-refractivity contribution in [3.8, 4) is 0 Å². The number of aromatic nitrogens is 3. The van der Waals surface area contributed by atoms with Crippen LogP contribution in [0, 0.1) is 0 Å². The van der Waals surface area contributed by atoms with Gasteiger partial charge in [-0.1, -0.05) is 26.0 Å².